The first-order valence-electron chi connectivity index (χ1n) is 20.6. The predicted molar refractivity (Wildman–Crippen MR) is 254 cm³/mol. The Morgan fingerprint density at radius 1 is 0.217 bits per heavy atom. The molecular weight excluding hydrogens is 725 g/mol. The van der Waals surface area contributed by atoms with Crippen LogP contribution < -0.4 is 0 Å². The Morgan fingerprint density at radius 2 is 0.700 bits per heavy atom. The summed E-state index contributed by atoms with van der Waals surface area (Å²) in [7, 11) is 0. The summed E-state index contributed by atoms with van der Waals surface area (Å²) < 4.78 is 0. The van der Waals surface area contributed by atoms with Crippen LogP contribution in [-0.2, 0) is 0 Å². The molecule has 11 aromatic carbocycles. The van der Waals surface area contributed by atoms with Gasteiger partial charge in [0.25, 0.3) is 0 Å². The van der Waals surface area contributed by atoms with E-state index in [0.29, 0.717) is 5.82 Å². The molecule has 0 unspecified atom stereocenters. The molecule has 12 rings (SSSR count). The maximum atomic E-state index is 5.49. The molecule has 1 aromatic heterocycles. The third kappa shape index (κ3) is 5.65. The van der Waals surface area contributed by atoms with Crippen molar-refractivity contribution in [3.63, 3.8) is 0 Å². The van der Waals surface area contributed by atoms with Crippen molar-refractivity contribution < 1.29 is 0 Å². The van der Waals surface area contributed by atoms with Gasteiger partial charge in [-0.2, -0.15) is 0 Å². The highest BCUT2D eigenvalue weighted by molar-refractivity contribution is 6.21. The van der Waals surface area contributed by atoms with Gasteiger partial charge >= 0.3 is 0 Å². The van der Waals surface area contributed by atoms with E-state index in [1.807, 2.05) is 0 Å². The van der Waals surface area contributed by atoms with Crippen molar-refractivity contribution in [2.75, 3.05) is 0 Å². The molecule has 0 fully saturated rings. The average Bonchev–Trinajstić information content (AvgIpc) is 3.32. The van der Waals surface area contributed by atoms with Crippen LogP contribution in [0.2, 0.25) is 0 Å². The maximum Gasteiger partial charge on any atom is 0.160 e. The lowest BCUT2D eigenvalue weighted by Crippen LogP contribution is -1.97. The molecule has 0 aliphatic carbocycles. The molecule has 0 radical (unpaired) electrons. The molecule has 0 bridgehead atoms. The highest BCUT2D eigenvalue weighted by Crippen LogP contribution is 2.42. The summed E-state index contributed by atoms with van der Waals surface area (Å²) in [4.78, 5) is 10.9. The van der Waals surface area contributed by atoms with Crippen LogP contribution in [0.4, 0.5) is 0 Å². The third-order valence-electron chi connectivity index (χ3n) is 12.2. The van der Waals surface area contributed by atoms with Crippen LogP contribution in [0.5, 0.6) is 0 Å². The zero-order valence-corrected chi connectivity index (χ0v) is 32.7. The van der Waals surface area contributed by atoms with Gasteiger partial charge in [0, 0.05) is 16.7 Å². The topological polar surface area (TPSA) is 25.8 Å². The molecule has 0 aliphatic heterocycles. The summed E-state index contributed by atoms with van der Waals surface area (Å²) in [6, 6.07) is 78.8. The van der Waals surface area contributed by atoms with Crippen molar-refractivity contribution in [1.82, 2.24) is 9.97 Å². The molecule has 0 aliphatic rings. The van der Waals surface area contributed by atoms with Gasteiger partial charge in [0.2, 0.25) is 0 Å². The number of aromatic nitrogens is 2. The van der Waals surface area contributed by atoms with E-state index in [1.54, 1.807) is 0 Å². The minimum absolute atomic E-state index is 0.690. The van der Waals surface area contributed by atoms with Crippen molar-refractivity contribution in [3.05, 3.63) is 218 Å². The fraction of sp³-hybridized carbons (Fsp3) is 0. The molecule has 0 atom stereocenters. The van der Waals surface area contributed by atoms with Crippen LogP contribution >= 0.6 is 0 Å². The Morgan fingerprint density at radius 3 is 1.35 bits per heavy atom. The molecule has 1 heterocycles. The lowest BCUT2D eigenvalue weighted by atomic mass is 9.89. The van der Waals surface area contributed by atoms with E-state index in [4.69, 9.17) is 9.97 Å². The monoisotopic (exact) mass is 760 g/mol. The molecule has 2 nitrogen and oxygen atoms in total. The van der Waals surface area contributed by atoms with Crippen LogP contribution in [0.25, 0.3) is 121 Å². The lowest BCUT2D eigenvalue weighted by Gasteiger charge is -2.16. The Hall–Kier alpha value is -7.94. The first-order valence-corrected chi connectivity index (χ1v) is 20.6. The normalized spacial score (nSPS) is 11.7. The van der Waals surface area contributed by atoms with E-state index in [0.717, 1.165) is 39.2 Å². The molecule has 0 saturated carbocycles. The van der Waals surface area contributed by atoms with Crippen LogP contribution in [0.15, 0.2) is 218 Å². The Bertz CT molecular complexity index is 3640. The molecule has 60 heavy (non-hydrogen) atoms. The van der Waals surface area contributed by atoms with E-state index in [9.17, 15) is 0 Å². The molecule has 278 valence electrons. The molecule has 0 amide bonds. The second-order valence-corrected chi connectivity index (χ2v) is 15.7. The first-order chi connectivity index (χ1) is 29.7. The largest absolute Gasteiger partial charge is 0.228 e. The zero-order valence-electron chi connectivity index (χ0n) is 32.7. The second kappa shape index (κ2) is 13.9. The Labute approximate surface area is 347 Å². The molecule has 0 saturated heterocycles. The fourth-order valence-corrected chi connectivity index (χ4v) is 9.35. The summed E-state index contributed by atoms with van der Waals surface area (Å²) in [5, 5.41) is 14.7. The molecular formula is C58H36N2. The van der Waals surface area contributed by atoms with Gasteiger partial charge in [0.05, 0.1) is 11.4 Å². The van der Waals surface area contributed by atoms with E-state index in [-0.39, 0.29) is 0 Å². The number of hydrogen-bond acceptors (Lipinski definition) is 2. The van der Waals surface area contributed by atoms with Gasteiger partial charge in [-0.1, -0.05) is 194 Å². The van der Waals surface area contributed by atoms with Crippen LogP contribution in [0.1, 0.15) is 0 Å². The van der Waals surface area contributed by atoms with Crippen LogP contribution in [-0.4, -0.2) is 9.97 Å². The van der Waals surface area contributed by atoms with E-state index in [1.165, 1.54) is 75.8 Å². The summed E-state index contributed by atoms with van der Waals surface area (Å²) >= 11 is 0. The summed E-state index contributed by atoms with van der Waals surface area (Å²) in [5.41, 5.74) is 9.62. The average molecular weight is 761 g/mol. The quantitative estimate of drug-likeness (QED) is 0.129. The third-order valence-corrected chi connectivity index (χ3v) is 12.2. The number of benzene rings is 11. The van der Waals surface area contributed by atoms with Gasteiger partial charge < -0.3 is 0 Å². The number of nitrogens with zero attached hydrogens (tertiary/aromatic N) is 2. The van der Waals surface area contributed by atoms with Gasteiger partial charge in [0.15, 0.2) is 5.82 Å². The Kier molecular flexibility index (Phi) is 7.89. The molecule has 0 spiro atoms. The van der Waals surface area contributed by atoms with Crippen LogP contribution in [0, 0.1) is 0 Å². The highest BCUT2D eigenvalue weighted by Gasteiger charge is 2.18. The SMILES string of the molecule is c1ccc(-c2cccc(-c3cc(-c4c5ccccc5cc5c4ccc4ccccc45)nc(-c4ccc(-c5c6ccccc6cc6c5ccc5ccccc56)cc4)n3)c2)cc1. The van der Waals surface area contributed by atoms with Gasteiger partial charge in [-0.15, -0.1) is 0 Å². The number of fused-ring (bicyclic) bond motifs is 8. The minimum atomic E-state index is 0.690. The van der Waals surface area contributed by atoms with Gasteiger partial charge in [0.1, 0.15) is 0 Å². The summed E-state index contributed by atoms with van der Waals surface area (Å²) in [6.45, 7) is 0. The highest BCUT2D eigenvalue weighted by atomic mass is 14.9. The molecule has 12 aromatic rings. The van der Waals surface area contributed by atoms with Crippen molar-refractivity contribution >= 4 is 64.6 Å². The van der Waals surface area contributed by atoms with Crippen molar-refractivity contribution in [1.29, 1.82) is 0 Å². The van der Waals surface area contributed by atoms with Crippen molar-refractivity contribution in [2.24, 2.45) is 0 Å². The Balaban J connectivity index is 1.08. The molecule has 0 N–H and O–H groups in total. The fourth-order valence-electron chi connectivity index (χ4n) is 9.35. The minimum Gasteiger partial charge on any atom is -0.228 e. The molecule has 2 heteroatoms. The van der Waals surface area contributed by atoms with Gasteiger partial charge in [-0.3, -0.25) is 0 Å². The predicted octanol–water partition coefficient (Wildman–Crippen LogP) is 15.7. The maximum absolute atomic E-state index is 5.49. The number of rotatable bonds is 5. The summed E-state index contributed by atoms with van der Waals surface area (Å²) in [6.07, 6.45) is 0. The van der Waals surface area contributed by atoms with Gasteiger partial charge in [-0.05, 0) is 111 Å². The van der Waals surface area contributed by atoms with Crippen LogP contribution in [0.3, 0.4) is 0 Å². The second-order valence-electron chi connectivity index (χ2n) is 15.7. The summed E-state index contributed by atoms with van der Waals surface area (Å²) in [5.74, 6) is 0.690. The lowest BCUT2D eigenvalue weighted by molar-refractivity contribution is 1.19. The van der Waals surface area contributed by atoms with E-state index >= 15 is 0 Å². The van der Waals surface area contributed by atoms with E-state index < -0.39 is 0 Å². The first kappa shape index (κ1) is 34.1. The standard InChI is InChI=1S/C58H36N2/c1-2-13-37(14-3-1)42-19-12-20-45(33-42)54-36-55(57-49-24-11-7-18-44(49)35-53-47-22-9-5-16-39(47)30-32-51(53)57)60-58(59-54)41-27-25-40(26-28-41)56-48-23-10-6-17-43(48)34-52-46-21-8-4-15-38(46)29-31-50(52)56/h1-36H. The van der Waals surface area contributed by atoms with Crippen molar-refractivity contribution in [2.45, 2.75) is 0 Å². The zero-order chi connectivity index (χ0) is 39.6. The number of hydrogen-bond donors (Lipinski definition) is 0. The van der Waals surface area contributed by atoms with Gasteiger partial charge in [-0.25, -0.2) is 9.97 Å². The van der Waals surface area contributed by atoms with Crippen molar-refractivity contribution in [3.8, 4) is 56.2 Å². The van der Waals surface area contributed by atoms with E-state index in [2.05, 4.69) is 218 Å². The smallest absolute Gasteiger partial charge is 0.160 e.